The summed E-state index contributed by atoms with van der Waals surface area (Å²) in [7, 11) is 0. The molecule has 0 aliphatic heterocycles. The van der Waals surface area contributed by atoms with E-state index in [2.05, 4.69) is 24.0 Å². The summed E-state index contributed by atoms with van der Waals surface area (Å²) in [4.78, 5) is 16.0. The van der Waals surface area contributed by atoms with Gasteiger partial charge in [0, 0.05) is 10.3 Å². The number of carbonyl (C=O) groups excluding carboxylic acids is 1. The highest BCUT2D eigenvalue weighted by Gasteiger charge is 2.03. The number of hydrogen-bond donors (Lipinski definition) is 0. The van der Waals surface area contributed by atoms with Crippen LogP contribution in [0.2, 0.25) is 0 Å². The Morgan fingerprint density at radius 2 is 2.25 bits per heavy atom. The van der Waals surface area contributed by atoms with E-state index in [1.807, 2.05) is 12.1 Å². The van der Waals surface area contributed by atoms with Gasteiger partial charge in [-0.15, -0.1) is 23.1 Å². The van der Waals surface area contributed by atoms with E-state index in [-0.39, 0.29) is 0 Å². The van der Waals surface area contributed by atoms with Crippen LogP contribution in [0.1, 0.15) is 21.1 Å². The first-order valence-electron chi connectivity index (χ1n) is 4.87. The maximum atomic E-state index is 10.5. The Hall–Kier alpha value is -1.13. The van der Waals surface area contributed by atoms with Gasteiger partial charge < -0.3 is 0 Å². The Morgan fingerprint density at radius 1 is 1.44 bits per heavy atom. The second kappa shape index (κ2) is 5.27. The van der Waals surface area contributed by atoms with Crippen LogP contribution in [0.3, 0.4) is 0 Å². The molecule has 4 heteroatoms. The number of rotatable bonds is 4. The molecule has 0 unspecified atom stereocenters. The van der Waals surface area contributed by atoms with Gasteiger partial charge in [-0.25, -0.2) is 4.98 Å². The van der Waals surface area contributed by atoms with Crippen molar-refractivity contribution in [2.75, 3.05) is 0 Å². The Labute approximate surface area is 103 Å². The fourth-order valence-electron chi connectivity index (χ4n) is 1.30. The van der Waals surface area contributed by atoms with E-state index in [9.17, 15) is 4.79 Å². The molecule has 1 heterocycles. The van der Waals surface area contributed by atoms with Crippen molar-refractivity contribution in [2.24, 2.45) is 0 Å². The Morgan fingerprint density at radius 3 is 2.94 bits per heavy atom. The molecule has 0 radical (unpaired) electrons. The maximum absolute atomic E-state index is 10.5. The first kappa shape index (κ1) is 11.4. The Kier molecular flexibility index (Phi) is 3.74. The summed E-state index contributed by atoms with van der Waals surface area (Å²) in [5.74, 6) is 0.823. The van der Waals surface area contributed by atoms with Crippen molar-refractivity contribution >= 4 is 29.4 Å². The zero-order chi connectivity index (χ0) is 11.4. The van der Waals surface area contributed by atoms with Crippen LogP contribution >= 0.6 is 23.1 Å². The van der Waals surface area contributed by atoms with Crippen molar-refractivity contribution in [3.63, 3.8) is 0 Å². The molecule has 0 amide bonds. The van der Waals surface area contributed by atoms with Crippen LogP contribution < -0.4 is 0 Å². The average Bonchev–Trinajstić information content (AvgIpc) is 2.76. The first-order valence-corrected chi connectivity index (χ1v) is 6.74. The van der Waals surface area contributed by atoms with Crippen molar-refractivity contribution in [2.45, 2.75) is 17.6 Å². The standard InChI is InChI=1S/C12H11NOS2/c1-9-4-2-3-5-11(9)15-8-12-13-10(6-14)7-16-12/h2-7H,8H2,1H3. The van der Waals surface area contributed by atoms with E-state index in [1.165, 1.54) is 21.8 Å². The molecule has 0 aliphatic rings. The van der Waals surface area contributed by atoms with Crippen LogP contribution in [-0.4, -0.2) is 11.3 Å². The third-order valence-electron chi connectivity index (χ3n) is 2.13. The van der Waals surface area contributed by atoms with Crippen molar-refractivity contribution in [1.82, 2.24) is 4.98 Å². The minimum absolute atomic E-state index is 0.533. The first-order chi connectivity index (χ1) is 7.79. The normalized spacial score (nSPS) is 10.3. The Bertz CT molecular complexity index is 493. The minimum atomic E-state index is 0.533. The summed E-state index contributed by atoms with van der Waals surface area (Å²) in [6, 6.07) is 8.27. The lowest BCUT2D eigenvalue weighted by Gasteiger charge is -2.02. The van der Waals surface area contributed by atoms with Gasteiger partial charge in [0.05, 0.1) is 5.75 Å². The molecule has 2 nitrogen and oxygen atoms in total. The SMILES string of the molecule is Cc1ccccc1SCc1nc(C=O)cs1. The molecular weight excluding hydrogens is 238 g/mol. The smallest absolute Gasteiger partial charge is 0.169 e. The highest BCUT2D eigenvalue weighted by Crippen LogP contribution is 2.26. The third-order valence-corrected chi connectivity index (χ3v) is 4.37. The molecule has 0 bridgehead atoms. The lowest BCUT2D eigenvalue weighted by Crippen LogP contribution is -1.83. The second-order valence-corrected chi connectivity index (χ2v) is 5.30. The molecule has 0 saturated carbocycles. The third kappa shape index (κ3) is 2.71. The van der Waals surface area contributed by atoms with Crippen LogP contribution in [-0.2, 0) is 5.75 Å². The van der Waals surface area contributed by atoms with Crippen molar-refractivity contribution < 1.29 is 4.79 Å². The van der Waals surface area contributed by atoms with Crippen molar-refractivity contribution in [3.05, 3.63) is 45.9 Å². The molecule has 0 atom stereocenters. The molecule has 1 aromatic heterocycles. The molecule has 2 rings (SSSR count). The predicted octanol–water partition coefficient (Wildman–Crippen LogP) is 3.56. The van der Waals surface area contributed by atoms with Crippen molar-refractivity contribution in [3.8, 4) is 0 Å². The summed E-state index contributed by atoms with van der Waals surface area (Å²) >= 11 is 3.29. The number of aromatic nitrogens is 1. The largest absolute Gasteiger partial charge is 0.296 e. The molecule has 0 N–H and O–H groups in total. The summed E-state index contributed by atoms with van der Waals surface area (Å²) in [5, 5.41) is 2.79. The van der Waals surface area contributed by atoms with Gasteiger partial charge in [-0.3, -0.25) is 4.79 Å². The van der Waals surface area contributed by atoms with E-state index in [1.54, 1.807) is 17.1 Å². The van der Waals surface area contributed by atoms with E-state index in [0.29, 0.717) is 5.69 Å². The second-order valence-electron chi connectivity index (χ2n) is 3.34. The number of nitrogens with zero attached hydrogens (tertiary/aromatic N) is 1. The van der Waals surface area contributed by atoms with Gasteiger partial charge in [-0.05, 0) is 18.6 Å². The molecular formula is C12H11NOS2. The molecule has 82 valence electrons. The van der Waals surface area contributed by atoms with Gasteiger partial charge in [-0.2, -0.15) is 0 Å². The van der Waals surface area contributed by atoms with Gasteiger partial charge in [0.1, 0.15) is 10.7 Å². The molecule has 1 aromatic carbocycles. The lowest BCUT2D eigenvalue weighted by molar-refractivity contribution is 0.111. The lowest BCUT2D eigenvalue weighted by atomic mass is 10.2. The number of benzene rings is 1. The average molecular weight is 249 g/mol. The van der Waals surface area contributed by atoms with Crippen LogP contribution in [0.15, 0.2) is 34.5 Å². The van der Waals surface area contributed by atoms with Crippen molar-refractivity contribution in [1.29, 1.82) is 0 Å². The predicted molar refractivity (Wildman–Crippen MR) is 68.2 cm³/mol. The van der Waals surface area contributed by atoms with Gasteiger partial charge in [0.25, 0.3) is 0 Å². The monoisotopic (exact) mass is 249 g/mol. The summed E-state index contributed by atoms with van der Waals surface area (Å²) in [6.07, 6.45) is 0.790. The molecule has 0 fully saturated rings. The van der Waals surface area contributed by atoms with E-state index < -0.39 is 0 Å². The minimum Gasteiger partial charge on any atom is -0.296 e. The van der Waals surface area contributed by atoms with Crippen LogP contribution in [0.4, 0.5) is 0 Å². The fraction of sp³-hybridized carbons (Fsp3) is 0.167. The van der Waals surface area contributed by atoms with Gasteiger partial charge >= 0.3 is 0 Å². The van der Waals surface area contributed by atoms with Crippen LogP contribution in [0.25, 0.3) is 0 Å². The van der Waals surface area contributed by atoms with Gasteiger partial charge in [-0.1, -0.05) is 18.2 Å². The quantitative estimate of drug-likeness (QED) is 0.613. The number of thioether (sulfide) groups is 1. The number of aryl methyl sites for hydroxylation is 1. The number of carbonyl (C=O) groups is 1. The van der Waals surface area contributed by atoms with Gasteiger partial charge in [0.15, 0.2) is 6.29 Å². The summed E-state index contributed by atoms with van der Waals surface area (Å²) in [5.41, 5.74) is 1.81. The topological polar surface area (TPSA) is 30.0 Å². The molecule has 2 aromatic rings. The number of aldehydes is 1. The van der Waals surface area contributed by atoms with Crippen LogP contribution in [0.5, 0.6) is 0 Å². The van der Waals surface area contributed by atoms with E-state index in [0.717, 1.165) is 17.0 Å². The van der Waals surface area contributed by atoms with E-state index in [4.69, 9.17) is 0 Å². The fourth-order valence-corrected chi connectivity index (χ4v) is 3.09. The molecule has 0 saturated heterocycles. The zero-order valence-electron chi connectivity index (χ0n) is 8.84. The zero-order valence-corrected chi connectivity index (χ0v) is 10.5. The maximum Gasteiger partial charge on any atom is 0.169 e. The highest BCUT2D eigenvalue weighted by atomic mass is 32.2. The summed E-state index contributed by atoms with van der Waals surface area (Å²) in [6.45, 7) is 2.10. The van der Waals surface area contributed by atoms with E-state index >= 15 is 0 Å². The highest BCUT2D eigenvalue weighted by molar-refractivity contribution is 7.98. The van der Waals surface area contributed by atoms with Crippen LogP contribution in [0, 0.1) is 6.92 Å². The molecule has 0 spiro atoms. The molecule has 0 aliphatic carbocycles. The number of thiazole rings is 1. The number of hydrogen-bond acceptors (Lipinski definition) is 4. The Balaban J connectivity index is 2.02. The molecule has 16 heavy (non-hydrogen) atoms. The van der Waals surface area contributed by atoms with Gasteiger partial charge in [0.2, 0.25) is 0 Å². The summed E-state index contributed by atoms with van der Waals surface area (Å²) < 4.78 is 0.